The molecule has 0 aromatic heterocycles. The average molecular weight is 917 g/mol. The largest absolute Gasteiger partial charge is 0.445 e. The number of nitrogens with one attached hydrogen (secondary N) is 6. The molecule has 0 bridgehead atoms. The van der Waals surface area contributed by atoms with Crippen LogP contribution in [0.2, 0.25) is 0 Å². The lowest BCUT2D eigenvalue weighted by Gasteiger charge is -2.25. The van der Waals surface area contributed by atoms with Gasteiger partial charge < -0.3 is 52.4 Å². The third kappa shape index (κ3) is 18.8. The van der Waals surface area contributed by atoms with Crippen LogP contribution >= 0.6 is 0 Å². The van der Waals surface area contributed by atoms with E-state index in [0.29, 0.717) is 0 Å². The maximum Gasteiger partial charge on any atom is 0.414 e. The van der Waals surface area contributed by atoms with Crippen molar-refractivity contribution in [1.82, 2.24) is 31.9 Å². The van der Waals surface area contributed by atoms with Crippen LogP contribution in [0.25, 0.3) is 11.1 Å². The summed E-state index contributed by atoms with van der Waals surface area (Å²) < 4.78 is 10.5. The number of carbonyl (C=O) groups is 9. The molecule has 0 saturated carbocycles. The van der Waals surface area contributed by atoms with E-state index in [1.165, 1.54) is 0 Å². The van der Waals surface area contributed by atoms with E-state index in [1.54, 1.807) is 88.4 Å². The second kappa shape index (κ2) is 27.7. The Kier molecular flexibility index (Phi) is 23.0. The van der Waals surface area contributed by atoms with E-state index in [1.807, 2.05) is 27.7 Å². The number of hydrogen-bond acceptors (Lipinski definition) is 11. The van der Waals surface area contributed by atoms with Gasteiger partial charge in [-0.1, -0.05) is 116 Å². The molecule has 0 spiro atoms. The molecule has 0 fully saturated rings. The van der Waals surface area contributed by atoms with Gasteiger partial charge in [0.15, 0.2) is 0 Å². The van der Waals surface area contributed by atoms with Crippen LogP contribution in [-0.4, -0.2) is 111 Å². The molecule has 2 aromatic rings. The summed E-state index contributed by atoms with van der Waals surface area (Å²) in [4.78, 5) is 123. The highest BCUT2D eigenvalue weighted by Crippen LogP contribution is 2.11. The van der Waals surface area contributed by atoms with Crippen molar-refractivity contribution in [2.45, 2.75) is 106 Å². The monoisotopic (exact) mass is 916 g/mol. The van der Waals surface area contributed by atoms with Crippen molar-refractivity contribution in [3.63, 3.8) is 0 Å². The van der Waals surface area contributed by atoms with Crippen molar-refractivity contribution in [3.05, 3.63) is 82.9 Å². The maximum atomic E-state index is 13.4. The smallest absolute Gasteiger partial charge is 0.414 e. The van der Waals surface area contributed by atoms with Crippen LogP contribution in [0.4, 0.5) is 9.59 Å². The zero-order valence-electron chi connectivity index (χ0n) is 38.4. The first-order valence-corrected chi connectivity index (χ1v) is 21.3. The fourth-order valence-electron chi connectivity index (χ4n) is 6.09. The van der Waals surface area contributed by atoms with Crippen LogP contribution in [0, 0.1) is 23.7 Å². The molecule has 2 rings (SSSR count). The second-order valence-corrected chi connectivity index (χ2v) is 16.7. The van der Waals surface area contributed by atoms with Crippen molar-refractivity contribution < 1.29 is 62.2 Å². The fourth-order valence-corrected chi connectivity index (χ4v) is 6.09. The molecule has 21 nitrogen and oxygen atoms in total. The summed E-state index contributed by atoms with van der Waals surface area (Å²) in [6.07, 6.45) is -1.39. The van der Waals surface area contributed by atoms with Gasteiger partial charge >= 0.3 is 29.4 Å². The summed E-state index contributed by atoms with van der Waals surface area (Å²) in [7, 11) is 0. The fraction of sp³-hybridized carbons (Fsp3) is 0.489. The molecule has 0 aliphatic carbocycles. The summed E-state index contributed by atoms with van der Waals surface area (Å²) in [6, 6.07) is 12.9. The number of alkyl carbamates (subject to hydrolysis) is 2. The highest BCUT2D eigenvalue weighted by atomic mass is 16.6. The topological polar surface area (TPSA) is 317 Å². The van der Waals surface area contributed by atoms with E-state index < -0.39 is 114 Å². The predicted octanol–water partition coefficient (Wildman–Crippen LogP) is 2.23. The van der Waals surface area contributed by atoms with Crippen LogP contribution < -0.4 is 31.9 Å². The summed E-state index contributed by atoms with van der Waals surface area (Å²) in [5.74, 6) is -8.88. The van der Waals surface area contributed by atoms with Crippen molar-refractivity contribution in [2.75, 3.05) is 13.1 Å². The number of Topliss-reactive ketones (excluding diaryl/α,β-unsaturated/α-hetero) is 3. The molecule has 4 atom stereocenters. The number of ether oxygens (including phenoxy) is 2. The minimum absolute atomic E-state index is 0.0534. The summed E-state index contributed by atoms with van der Waals surface area (Å²) in [5.41, 5.74) is 18.0. The lowest BCUT2D eigenvalue weighted by Crippen LogP contribution is -2.56. The Bertz CT molecular complexity index is 2000. The molecule has 66 heavy (non-hydrogen) atoms. The van der Waals surface area contributed by atoms with Gasteiger partial charge in [0.25, 0.3) is 11.6 Å². The molecule has 356 valence electrons. The Hall–Kier alpha value is -7.37. The molecule has 2 aromatic carbocycles. The second-order valence-electron chi connectivity index (χ2n) is 16.7. The van der Waals surface area contributed by atoms with E-state index in [-0.39, 0.29) is 37.9 Å². The molecular formula is C45H60N10O11. The van der Waals surface area contributed by atoms with Crippen molar-refractivity contribution >= 4 is 64.6 Å². The summed E-state index contributed by atoms with van der Waals surface area (Å²) in [5, 5.41) is 14.6. The van der Waals surface area contributed by atoms with E-state index in [0.717, 1.165) is 11.1 Å². The molecule has 0 heterocycles. The van der Waals surface area contributed by atoms with Gasteiger partial charge in [0.05, 0.1) is 13.1 Å². The van der Waals surface area contributed by atoms with Crippen LogP contribution in [0.1, 0.15) is 79.4 Å². The number of benzene rings is 2. The predicted molar refractivity (Wildman–Crippen MR) is 238 cm³/mol. The third-order valence-corrected chi connectivity index (χ3v) is 9.56. The van der Waals surface area contributed by atoms with E-state index in [2.05, 4.69) is 41.5 Å². The average Bonchev–Trinajstić information content (AvgIpc) is 3.27. The molecule has 0 saturated heterocycles. The number of rotatable bonds is 26. The van der Waals surface area contributed by atoms with Crippen molar-refractivity contribution in [3.8, 4) is 0 Å². The van der Waals surface area contributed by atoms with E-state index in [4.69, 9.17) is 9.47 Å². The van der Waals surface area contributed by atoms with Gasteiger partial charge in [0.1, 0.15) is 37.4 Å². The zero-order valence-corrected chi connectivity index (χ0v) is 38.4. The normalized spacial score (nSPS) is 12.5. The maximum absolute atomic E-state index is 13.4. The third-order valence-electron chi connectivity index (χ3n) is 9.56. The van der Waals surface area contributed by atoms with Crippen molar-refractivity contribution in [2.24, 2.45) is 23.7 Å². The van der Waals surface area contributed by atoms with Gasteiger partial charge in [0.2, 0.25) is 23.6 Å². The molecule has 0 radical (unpaired) electrons. The number of hydrogen-bond donors (Lipinski definition) is 6. The molecule has 6 amide bonds. The van der Waals surface area contributed by atoms with Gasteiger partial charge in [-0.25, -0.2) is 9.59 Å². The number of nitrogens with zero attached hydrogens (tertiary/aromatic N) is 4. The molecule has 21 heteroatoms. The number of ketones is 3. The highest BCUT2D eigenvalue weighted by molar-refractivity contribution is 6.87. The van der Waals surface area contributed by atoms with Crippen molar-refractivity contribution in [1.29, 1.82) is 0 Å². The van der Waals surface area contributed by atoms with Gasteiger partial charge in [-0.3, -0.25) is 33.6 Å². The molecule has 6 N–H and O–H groups in total. The van der Waals surface area contributed by atoms with Gasteiger partial charge in [-0.2, -0.15) is 9.58 Å². The molecule has 0 aliphatic rings. The minimum Gasteiger partial charge on any atom is -0.445 e. The minimum atomic E-state index is -1.66. The quantitative estimate of drug-likeness (QED) is 0.0344. The molecule has 0 unspecified atom stereocenters. The number of carbonyl (C=O) groups excluding carboxylic acids is 9. The van der Waals surface area contributed by atoms with Gasteiger partial charge in [0, 0.05) is 0 Å². The van der Waals surface area contributed by atoms with Gasteiger partial charge in [-0.05, 0) is 47.6 Å². The van der Waals surface area contributed by atoms with Crippen LogP contribution in [0.3, 0.4) is 0 Å². The van der Waals surface area contributed by atoms with Crippen LogP contribution in [-0.2, 0) is 56.2 Å². The van der Waals surface area contributed by atoms with Crippen LogP contribution in [0.5, 0.6) is 0 Å². The van der Waals surface area contributed by atoms with E-state index >= 15 is 0 Å². The first-order chi connectivity index (χ1) is 31.2. The Morgan fingerprint density at radius 2 is 0.833 bits per heavy atom. The lowest BCUT2D eigenvalue weighted by atomic mass is 9.99. The SMILES string of the molecule is CC(C)C[C@H](NC(=O)OCc1ccccc1)C(=O)N[C@H](C(=O)NCC(=O)C(=[N+]=[N-])C(=O)C(=[N+]=[N-])C(=O)CNC(=O)[C@@H](NC(=O)[C@H](CC(C)C)NC(=O)OCc1ccccc1)C(C)C)C(C)C. The van der Waals surface area contributed by atoms with Gasteiger partial charge in [-0.15, -0.1) is 0 Å². The Morgan fingerprint density at radius 1 is 0.500 bits per heavy atom. The Morgan fingerprint density at radius 3 is 1.12 bits per heavy atom. The summed E-state index contributed by atoms with van der Waals surface area (Å²) in [6.45, 7) is 11.6. The lowest BCUT2D eigenvalue weighted by molar-refractivity contribution is -0.132. The molecule has 0 aliphatic heterocycles. The zero-order chi connectivity index (χ0) is 49.5. The highest BCUT2D eigenvalue weighted by Gasteiger charge is 2.43. The Labute approximate surface area is 383 Å². The molecular weight excluding hydrogens is 857 g/mol. The first-order valence-electron chi connectivity index (χ1n) is 21.3. The van der Waals surface area contributed by atoms with E-state index in [9.17, 15) is 54.2 Å². The standard InChI is InChI=1S/C45H60N10O11/c1-25(2)19-31(50-44(63)65-23-29-15-11-9-12-16-29)40(59)52-35(27(5)6)42(61)48-21-33(56)37(54-46)39(58)38(55-47)34(57)22-49-43(62)36(28(7)8)53-41(60)32(20-26(3)4)51-45(64)66-24-30-17-13-10-14-18-30/h9-18,25-28,31-32,35-36H,19-24H2,1-8H3,(H,48,61)(H,49,62)(H,50,63)(H,51,64)(H,52,59)(H,53,60)/t31-,32-,35-,36-/m0/s1. The number of amides is 6. The summed E-state index contributed by atoms with van der Waals surface area (Å²) >= 11 is 0. The van der Waals surface area contributed by atoms with Crippen LogP contribution in [0.15, 0.2) is 60.7 Å². The Balaban J connectivity index is 2.04. The first kappa shape index (κ1) is 54.8.